The summed E-state index contributed by atoms with van der Waals surface area (Å²) in [7, 11) is 1.63. The number of rotatable bonds is 10. The van der Waals surface area contributed by atoms with Gasteiger partial charge in [0, 0.05) is 23.8 Å². The highest BCUT2D eigenvalue weighted by Crippen LogP contribution is 2.26. The highest BCUT2D eigenvalue weighted by Gasteiger charge is 2.15. The van der Waals surface area contributed by atoms with E-state index < -0.39 is 0 Å². The average Bonchev–Trinajstić information content (AvgIpc) is 3.21. The summed E-state index contributed by atoms with van der Waals surface area (Å²) < 4.78 is 17.9. The molecule has 1 N–H and O–H groups in total. The third-order valence-electron chi connectivity index (χ3n) is 4.50. The lowest BCUT2D eigenvalue weighted by atomic mass is 10.2. The van der Waals surface area contributed by atoms with E-state index in [1.807, 2.05) is 69.3 Å². The van der Waals surface area contributed by atoms with Gasteiger partial charge >= 0.3 is 6.01 Å². The maximum atomic E-state index is 11.9. The highest BCUT2D eigenvalue weighted by molar-refractivity contribution is 5.92. The summed E-state index contributed by atoms with van der Waals surface area (Å²) in [4.78, 5) is 16.5. The molecule has 0 atom stereocenters. The van der Waals surface area contributed by atoms with Crippen LogP contribution in [0.2, 0.25) is 0 Å². The number of aromatic nitrogens is 3. The zero-order valence-corrected chi connectivity index (χ0v) is 18.3. The number of hydrogen-bond donors (Lipinski definition) is 1. The fraction of sp³-hybridized carbons (Fsp3) is 0.348. The van der Waals surface area contributed by atoms with Crippen LogP contribution in [0.3, 0.4) is 0 Å². The van der Waals surface area contributed by atoms with Crippen molar-refractivity contribution in [3.05, 3.63) is 48.5 Å². The standard InChI is InChI=1S/C23H28N4O4/c1-5-30-14-15-31-23-25-21(17-6-12-20(29-4)13-7-17)27(26-23)19-10-8-18(9-11-19)24-22(28)16(2)3/h6-13,16H,5,14-15H2,1-4H3,(H,24,28). The third-order valence-corrected chi connectivity index (χ3v) is 4.50. The van der Waals surface area contributed by atoms with Crippen LogP contribution < -0.4 is 14.8 Å². The summed E-state index contributed by atoms with van der Waals surface area (Å²) in [5.74, 6) is 1.27. The lowest BCUT2D eigenvalue weighted by Crippen LogP contribution is -2.17. The predicted molar refractivity (Wildman–Crippen MR) is 119 cm³/mol. The van der Waals surface area contributed by atoms with Crippen molar-refractivity contribution in [3.63, 3.8) is 0 Å². The first-order valence-electron chi connectivity index (χ1n) is 10.2. The number of anilines is 1. The summed E-state index contributed by atoms with van der Waals surface area (Å²) in [5.41, 5.74) is 2.38. The molecule has 3 aromatic rings. The van der Waals surface area contributed by atoms with Crippen LogP contribution in [0.15, 0.2) is 48.5 Å². The Kier molecular flexibility index (Phi) is 7.61. The molecular formula is C23H28N4O4. The van der Waals surface area contributed by atoms with Crippen molar-refractivity contribution >= 4 is 11.6 Å². The van der Waals surface area contributed by atoms with Crippen LogP contribution in [0.5, 0.6) is 11.8 Å². The van der Waals surface area contributed by atoms with E-state index in [0.29, 0.717) is 25.6 Å². The lowest BCUT2D eigenvalue weighted by Gasteiger charge is -2.10. The fourth-order valence-electron chi connectivity index (χ4n) is 2.77. The molecule has 8 heteroatoms. The Balaban J connectivity index is 1.89. The smallest absolute Gasteiger partial charge is 0.336 e. The molecule has 3 rings (SSSR count). The van der Waals surface area contributed by atoms with Crippen molar-refractivity contribution < 1.29 is 19.0 Å². The first-order valence-corrected chi connectivity index (χ1v) is 10.2. The molecule has 0 bridgehead atoms. The normalized spacial score (nSPS) is 10.9. The van der Waals surface area contributed by atoms with Gasteiger partial charge in [0.2, 0.25) is 5.91 Å². The highest BCUT2D eigenvalue weighted by atomic mass is 16.5. The van der Waals surface area contributed by atoms with E-state index in [-0.39, 0.29) is 17.8 Å². The van der Waals surface area contributed by atoms with E-state index >= 15 is 0 Å². The number of nitrogens with one attached hydrogen (secondary N) is 1. The molecule has 0 saturated carbocycles. The molecule has 1 aromatic heterocycles. The maximum Gasteiger partial charge on any atom is 0.336 e. The molecule has 31 heavy (non-hydrogen) atoms. The number of carbonyl (C=O) groups excluding carboxylic acids is 1. The van der Waals surface area contributed by atoms with Crippen molar-refractivity contribution in [1.82, 2.24) is 14.8 Å². The number of amides is 1. The zero-order chi connectivity index (χ0) is 22.2. The number of nitrogens with zero attached hydrogens (tertiary/aromatic N) is 3. The number of benzene rings is 2. The summed E-state index contributed by atoms with van der Waals surface area (Å²) in [6.45, 7) is 7.10. The Morgan fingerprint density at radius 2 is 1.77 bits per heavy atom. The minimum atomic E-state index is -0.0898. The van der Waals surface area contributed by atoms with Crippen LogP contribution in [0.25, 0.3) is 17.1 Å². The largest absolute Gasteiger partial charge is 0.497 e. The number of carbonyl (C=O) groups is 1. The SMILES string of the molecule is CCOCCOc1nc(-c2ccc(OC)cc2)n(-c2ccc(NC(=O)C(C)C)cc2)n1. The number of methoxy groups -OCH3 is 1. The van der Waals surface area contributed by atoms with Gasteiger partial charge in [-0.25, -0.2) is 4.68 Å². The lowest BCUT2D eigenvalue weighted by molar-refractivity contribution is -0.118. The quantitative estimate of drug-likeness (QED) is 0.496. The predicted octanol–water partition coefficient (Wildman–Crippen LogP) is 3.95. The minimum Gasteiger partial charge on any atom is -0.497 e. The van der Waals surface area contributed by atoms with E-state index in [4.69, 9.17) is 14.2 Å². The molecule has 0 spiro atoms. The Morgan fingerprint density at radius 3 is 2.39 bits per heavy atom. The molecule has 0 saturated heterocycles. The van der Waals surface area contributed by atoms with E-state index in [2.05, 4.69) is 15.4 Å². The minimum absolute atomic E-state index is 0.0302. The van der Waals surface area contributed by atoms with Crippen molar-refractivity contribution in [2.75, 3.05) is 32.2 Å². The first-order chi connectivity index (χ1) is 15.0. The molecule has 164 valence electrons. The molecule has 0 aliphatic heterocycles. The third kappa shape index (κ3) is 5.82. The van der Waals surface area contributed by atoms with Crippen LogP contribution in [0.1, 0.15) is 20.8 Å². The molecule has 2 aromatic carbocycles. The first kappa shape index (κ1) is 22.3. The fourth-order valence-corrected chi connectivity index (χ4v) is 2.77. The van der Waals surface area contributed by atoms with Crippen LogP contribution in [-0.2, 0) is 9.53 Å². The van der Waals surface area contributed by atoms with E-state index in [1.54, 1.807) is 11.8 Å². The van der Waals surface area contributed by atoms with Crippen LogP contribution in [-0.4, -0.2) is 47.6 Å². The van der Waals surface area contributed by atoms with Gasteiger partial charge in [-0.15, -0.1) is 5.10 Å². The van der Waals surface area contributed by atoms with E-state index in [0.717, 1.165) is 22.7 Å². The monoisotopic (exact) mass is 424 g/mol. The Morgan fingerprint density at radius 1 is 1.06 bits per heavy atom. The van der Waals surface area contributed by atoms with Crippen LogP contribution in [0, 0.1) is 5.92 Å². The van der Waals surface area contributed by atoms with Crippen molar-refractivity contribution in [1.29, 1.82) is 0 Å². The zero-order valence-electron chi connectivity index (χ0n) is 18.3. The van der Waals surface area contributed by atoms with Gasteiger partial charge in [-0.1, -0.05) is 13.8 Å². The van der Waals surface area contributed by atoms with Gasteiger partial charge in [0.05, 0.1) is 19.4 Å². The molecule has 0 aliphatic carbocycles. The summed E-state index contributed by atoms with van der Waals surface area (Å²) >= 11 is 0. The Bertz CT molecular complexity index is 982. The molecule has 1 heterocycles. The van der Waals surface area contributed by atoms with Gasteiger partial charge in [0.15, 0.2) is 5.82 Å². The second-order valence-corrected chi connectivity index (χ2v) is 7.09. The molecule has 0 aliphatic rings. The van der Waals surface area contributed by atoms with Gasteiger partial charge in [0.25, 0.3) is 0 Å². The second kappa shape index (κ2) is 10.6. The number of ether oxygens (including phenoxy) is 3. The summed E-state index contributed by atoms with van der Waals surface area (Å²) in [6, 6.07) is 15.3. The summed E-state index contributed by atoms with van der Waals surface area (Å²) in [5, 5.41) is 7.41. The molecule has 0 fully saturated rings. The van der Waals surface area contributed by atoms with Gasteiger partial charge in [-0.05, 0) is 55.5 Å². The van der Waals surface area contributed by atoms with Gasteiger partial charge < -0.3 is 19.5 Å². The van der Waals surface area contributed by atoms with Crippen LogP contribution >= 0.6 is 0 Å². The maximum absolute atomic E-state index is 11.9. The molecule has 8 nitrogen and oxygen atoms in total. The number of hydrogen-bond acceptors (Lipinski definition) is 6. The van der Waals surface area contributed by atoms with E-state index in [1.165, 1.54) is 0 Å². The van der Waals surface area contributed by atoms with Crippen LogP contribution in [0.4, 0.5) is 5.69 Å². The van der Waals surface area contributed by atoms with E-state index in [9.17, 15) is 4.79 Å². The van der Waals surface area contributed by atoms with Crippen molar-refractivity contribution in [3.8, 4) is 28.8 Å². The van der Waals surface area contributed by atoms with Gasteiger partial charge in [-0.2, -0.15) is 4.98 Å². The molecule has 0 unspecified atom stereocenters. The van der Waals surface area contributed by atoms with Crippen molar-refractivity contribution in [2.24, 2.45) is 5.92 Å². The Labute approximate surface area is 182 Å². The van der Waals surface area contributed by atoms with Gasteiger partial charge in [-0.3, -0.25) is 4.79 Å². The topological polar surface area (TPSA) is 87.5 Å². The molecular weight excluding hydrogens is 396 g/mol. The summed E-state index contributed by atoms with van der Waals surface area (Å²) in [6.07, 6.45) is 0. The Hall–Kier alpha value is -3.39. The van der Waals surface area contributed by atoms with Gasteiger partial charge in [0.1, 0.15) is 12.4 Å². The second-order valence-electron chi connectivity index (χ2n) is 7.09. The molecule has 1 amide bonds. The van der Waals surface area contributed by atoms with Crippen molar-refractivity contribution in [2.45, 2.75) is 20.8 Å². The molecule has 0 radical (unpaired) electrons. The average molecular weight is 425 g/mol.